The Balaban J connectivity index is 1.75. The maximum Gasteiger partial charge on any atom is 0.282 e. The number of hydrogen-bond acceptors (Lipinski definition) is 5. The fourth-order valence-corrected chi connectivity index (χ4v) is 4.34. The lowest BCUT2D eigenvalue weighted by Crippen LogP contribution is -2.48. The van der Waals surface area contributed by atoms with Crippen molar-refractivity contribution in [3.63, 3.8) is 0 Å². The molecule has 7 nitrogen and oxygen atoms in total. The summed E-state index contributed by atoms with van der Waals surface area (Å²) in [4.78, 5) is 8.49. The van der Waals surface area contributed by atoms with E-state index in [0.29, 0.717) is 38.5 Å². The van der Waals surface area contributed by atoms with Gasteiger partial charge in [0.25, 0.3) is 10.2 Å². The van der Waals surface area contributed by atoms with E-state index in [1.807, 2.05) is 6.92 Å². The Morgan fingerprint density at radius 1 is 1.14 bits per heavy atom. The second kappa shape index (κ2) is 5.96. The molecule has 1 aromatic heterocycles. The van der Waals surface area contributed by atoms with Gasteiger partial charge in [0.15, 0.2) is 0 Å². The van der Waals surface area contributed by atoms with Crippen molar-refractivity contribution in [2.45, 2.75) is 25.9 Å². The molecule has 0 amide bonds. The summed E-state index contributed by atoms with van der Waals surface area (Å²) in [6, 6.07) is 0. The summed E-state index contributed by atoms with van der Waals surface area (Å²) in [6.07, 6.45) is 4.87. The highest BCUT2D eigenvalue weighted by Crippen LogP contribution is 2.24. The molecule has 0 bridgehead atoms. The second-order valence-corrected chi connectivity index (χ2v) is 7.34. The number of nitrogens with zero attached hydrogens (tertiary/aromatic N) is 4. The Morgan fingerprint density at radius 2 is 1.90 bits per heavy atom. The van der Waals surface area contributed by atoms with Gasteiger partial charge >= 0.3 is 0 Å². The van der Waals surface area contributed by atoms with Crippen LogP contribution in [0.4, 0.5) is 0 Å². The first kappa shape index (κ1) is 14.8. The van der Waals surface area contributed by atoms with Crippen molar-refractivity contribution in [2.24, 2.45) is 0 Å². The summed E-state index contributed by atoms with van der Waals surface area (Å²) in [5, 5.41) is 0. The molecular formula is C13H20N4O3S. The maximum atomic E-state index is 12.6. The monoisotopic (exact) mass is 312 g/mol. The van der Waals surface area contributed by atoms with Crippen LogP contribution < -0.4 is 0 Å². The summed E-state index contributed by atoms with van der Waals surface area (Å²) in [5.41, 5.74) is 1.51. The molecule has 0 spiro atoms. The first-order chi connectivity index (χ1) is 10.1. The van der Waals surface area contributed by atoms with Crippen LogP contribution >= 0.6 is 0 Å². The standard InChI is InChI=1S/C13H20N4O3S/c1-11-8-15-12(9-14-11)13-10-17(6-7-20-13)21(18,19)16-4-2-3-5-16/h8-9,13H,2-7,10H2,1H3/t13-/m0/s1. The minimum Gasteiger partial charge on any atom is -0.369 e. The van der Waals surface area contributed by atoms with E-state index in [2.05, 4.69) is 9.97 Å². The van der Waals surface area contributed by atoms with Crippen molar-refractivity contribution in [2.75, 3.05) is 32.8 Å². The van der Waals surface area contributed by atoms with Crippen molar-refractivity contribution in [1.82, 2.24) is 18.6 Å². The minimum absolute atomic E-state index is 0.302. The third-order valence-electron chi connectivity index (χ3n) is 3.88. The summed E-state index contributed by atoms with van der Waals surface area (Å²) in [7, 11) is -3.37. The lowest BCUT2D eigenvalue weighted by molar-refractivity contribution is -0.00668. The predicted molar refractivity (Wildman–Crippen MR) is 76.8 cm³/mol. The van der Waals surface area contributed by atoms with Crippen LogP contribution in [0.25, 0.3) is 0 Å². The van der Waals surface area contributed by atoms with E-state index < -0.39 is 10.2 Å². The molecule has 116 valence electrons. The molecule has 2 fully saturated rings. The van der Waals surface area contributed by atoms with Gasteiger partial charge in [-0.3, -0.25) is 9.97 Å². The van der Waals surface area contributed by atoms with Gasteiger partial charge in [0.2, 0.25) is 0 Å². The highest BCUT2D eigenvalue weighted by Gasteiger charge is 2.36. The van der Waals surface area contributed by atoms with E-state index >= 15 is 0 Å². The average Bonchev–Trinajstić information content (AvgIpc) is 3.03. The van der Waals surface area contributed by atoms with E-state index in [4.69, 9.17) is 4.74 Å². The Labute approximate surface area is 125 Å². The van der Waals surface area contributed by atoms with Gasteiger partial charge in [0.1, 0.15) is 6.10 Å². The molecule has 3 heterocycles. The Kier molecular flexibility index (Phi) is 4.21. The number of aromatic nitrogens is 2. The average molecular weight is 312 g/mol. The van der Waals surface area contributed by atoms with Gasteiger partial charge in [-0.05, 0) is 19.8 Å². The highest BCUT2D eigenvalue weighted by molar-refractivity contribution is 7.86. The first-order valence-corrected chi connectivity index (χ1v) is 8.62. The molecule has 0 saturated carbocycles. The number of aryl methyl sites for hydroxylation is 1. The van der Waals surface area contributed by atoms with Crippen LogP contribution in [-0.4, -0.2) is 59.8 Å². The number of ether oxygens (including phenoxy) is 1. The summed E-state index contributed by atoms with van der Waals surface area (Å²) >= 11 is 0. The minimum atomic E-state index is -3.37. The molecule has 1 atom stereocenters. The molecule has 8 heteroatoms. The van der Waals surface area contributed by atoms with Gasteiger partial charge < -0.3 is 4.74 Å². The zero-order valence-corrected chi connectivity index (χ0v) is 12.9. The quantitative estimate of drug-likeness (QED) is 0.812. The van der Waals surface area contributed by atoms with E-state index in [1.54, 1.807) is 16.7 Å². The van der Waals surface area contributed by atoms with Crippen LogP contribution in [0.15, 0.2) is 12.4 Å². The smallest absolute Gasteiger partial charge is 0.282 e. The van der Waals surface area contributed by atoms with Crippen molar-refractivity contribution in [3.05, 3.63) is 23.8 Å². The van der Waals surface area contributed by atoms with Crippen LogP contribution in [0.2, 0.25) is 0 Å². The van der Waals surface area contributed by atoms with E-state index in [-0.39, 0.29) is 6.10 Å². The summed E-state index contributed by atoms with van der Waals surface area (Å²) in [5.74, 6) is 0. The summed E-state index contributed by atoms with van der Waals surface area (Å²) < 4.78 is 33.9. The van der Waals surface area contributed by atoms with Crippen molar-refractivity contribution < 1.29 is 13.2 Å². The molecular weight excluding hydrogens is 292 g/mol. The van der Waals surface area contributed by atoms with Gasteiger partial charge in [-0.1, -0.05) is 0 Å². The molecule has 0 N–H and O–H groups in total. The fraction of sp³-hybridized carbons (Fsp3) is 0.692. The van der Waals surface area contributed by atoms with E-state index in [0.717, 1.165) is 18.5 Å². The molecule has 0 aliphatic carbocycles. The van der Waals surface area contributed by atoms with Crippen LogP contribution in [0.3, 0.4) is 0 Å². The largest absolute Gasteiger partial charge is 0.369 e. The molecule has 2 aliphatic heterocycles. The Bertz CT molecular complexity index is 584. The van der Waals surface area contributed by atoms with Gasteiger partial charge in [0, 0.05) is 32.4 Å². The van der Waals surface area contributed by atoms with Crippen LogP contribution in [0, 0.1) is 6.92 Å². The van der Waals surface area contributed by atoms with Crippen LogP contribution in [0.5, 0.6) is 0 Å². The fourth-order valence-electron chi connectivity index (χ4n) is 2.67. The molecule has 0 unspecified atom stereocenters. The topological polar surface area (TPSA) is 75.6 Å². The molecule has 2 aliphatic rings. The predicted octanol–water partition coefficient (Wildman–Crippen LogP) is 0.499. The van der Waals surface area contributed by atoms with Crippen LogP contribution in [-0.2, 0) is 14.9 Å². The SMILES string of the molecule is Cc1cnc([C@@H]2CN(S(=O)(=O)N3CCCC3)CCO2)cn1. The van der Waals surface area contributed by atoms with Crippen LogP contribution in [0.1, 0.15) is 30.3 Å². The number of hydrogen-bond donors (Lipinski definition) is 0. The molecule has 21 heavy (non-hydrogen) atoms. The van der Waals surface area contributed by atoms with Crippen molar-refractivity contribution in [3.8, 4) is 0 Å². The maximum absolute atomic E-state index is 12.6. The second-order valence-electron chi connectivity index (χ2n) is 5.41. The van der Waals surface area contributed by atoms with Gasteiger partial charge in [-0.15, -0.1) is 0 Å². The normalized spacial score (nSPS) is 25.3. The zero-order chi connectivity index (χ0) is 14.9. The van der Waals surface area contributed by atoms with Gasteiger partial charge in [-0.2, -0.15) is 17.0 Å². The lowest BCUT2D eigenvalue weighted by atomic mass is 10.2. The van der Waals surface area contributed by atoms with Crippen molar-refractivity contribution in [1.29, 1.82) is 0 Å². The molecule has 2 saturated heterocycles. The van der Waals surface area contributed by atoms with E-state index in [1.165, 1.54) is 4.31 Å². The molecule has 1 aromatic rings. The number of rotatable bonds is 3. The number of morpholine rings is 1. The Hall–Kier alpha value is -1.09. The molecule has 0 radical (unpaired) electrons. The van der Waals surface area contributed by atoms with Gasteiger partial charge in [0.05, 0.1) is 24.2 Å². The highest BCUT2D eigenvalue weighted by atomic mass is 32.2. The Morgan fingerprint density at radius 3 is 2.57 bits per heavy atom. The van der Waals surface area contributed by atoms with E-state index in [9.17, 15) is 8.42 Å². The third kappa shape index (κ3) is 3.08. The third-order valence-corrected chi connectivity index (χ3v) is 5.88. The van der Waals surface area contributed by atoms with Gasteiger partial charge in [-0.25, -0.2) is 0 Å². The zero-order valence-electron chi connectivity index (χ0n) is 12.1. The lowest BCUT2D eigenvalue weighted by Gasteiger charge is -2.34. The first-order valence-electron chi connectivity index (χ1n) is 7.23. The molecule has 3 rings (SSSR count). The summed E-state index contributed by atoms with van der Waals surface area (Å²) in [6.45, 7) is 4.19. The molecule has 0 aromatic carbocycles. The van der Waals surface area contributed by atoms with Crippen molar-refractivity contribution >= 4 is 10.2 Å².